The average molecular weight is 87.1 g/mol. The van der Waals surface area contributed by atoms with Crippen molar-refractivity contribution in [3.05, 3.63) is 0 Å². The van der Waals surface area contributed by atoms with Crippen LogP contribution in [0.3, 0.4) is 0 Å². The fourth-order valence-electron chi connectivity index (χ4n) is 0.0503. The molecule has 0 spiro atoms. The summed E-state index contributed by atoms with van der Waals surface area (Å²) >= 11 is 0. The van der Waals surface area contributed by atoms with Gasteiger partial charge in [-0.05, 0) is 0 Å². The number of carbonyl (C=O) groups is 1. The standard InChI is InChI=1S/C2H3N2O2/c3-2(6)4-1-5/h(H3,3,4,5,6). The molecule has 0 aromatic rings. The summed E-state index contributed by atoms with van der Waals surface area (Å²) in [4.78, 5) is 18.5. The molecule has 33 valence electrons. The zero-order valence-corrected chi connectivity index (χ0v) is 2.89. The van der Waals surface area contributed by atoms with E-state index in [0.717, 1.165) is 6.41 Å². The summed E-state index contributed by atoms with van der Waals surface area (Å²) in [6, 6.07) is -0.884. The van der Waals surface area contributed by atoms with Gasteiger partial charge >= 0.3 is 12.4 Å². The van der Waals surface area contributed by atoms with Crippen LogP contribution in [0.1, 0.15) is 0 Å². The Bertz CT molecular complexity index is 69.9. The lowest BCUT2D eigenvalue weighted by atomic mass is 11.0. The second-order valence-corrected chi connectivity index (χ2v) is 0.591. The summed E-state index contributed by atoms with van der Waals surface area (Å²) in [6.45, 7) is 0. The average Bonchev–Trinajstić information content (AvgIpc) is 1.35. The monoisotopic (exact) mass is 87.0 g/mol. The largest absolute Gasteiger partial charge is 0.351 e. The van der Waals surface area contributed by atoms with Gasteiger partial charge < -0.3 is 5.73 Å². The third-order valence-corrected chi connectivity index (χ3v) is 0.174. The van der Waals surface area contributed by atoms with Crippen molar-refractivity contribution in [2.24, 2.45) is 5.73 Å². The highest BCUT2D eigenvalue weighted by Gasteiger charge is 1.81. The first-order valence-electron chi connectivity index (χ1n) is 1.20. The lowest BCUT2D eigenvalue weighted by Crippen LogP contribution is -2.27. The summed E-state index contributed by atoms with van der Waals surface area (Å²) in [7, 11) is 0. The van der Waals surface area contributed by atoms with E-state index in [1.807, 2.05) is 0 Å². The first-order chi connectivity index (χ1) is 2.77. The molecule has 0 heterocycles. The van der Waals surface area contributed by atoms with E-state index in [1.165, 1.54) is 0 Å². The van der Waals surface area contributed by atoms with Gasteiger partial charge in [0, 0.05) is 0 Å². The van der Waals surface area contributed by atoms with Gasteiger partial charge in [-0.1, -0.05) is 0 Å². The maximum atomic E-state index is 9.45. The molecular weight excluding hydrogens is 84.0 g/mol. The van der Waals surface area contributed by atoms with Crippen LogP contribution in [0.25, 0.3) is 0 Å². The van der Waals surface area contributed by atoms with Crippen LogP contribution >= 0.6 is 0 Å². The number of nitrogens with two attached hydrogens (primary N) is 1. The molecule has 1 radical (unpaired) electrons. The molecule has 0 aromatic carbocycles. The molecule has 0 aliphatic rings. The van der Waals surface area contributed by atoms with Gasteiger partial charge in [0.05, 0.1) is 0 Å². The van der Waals surface area contributed by atoms with Crippen LogP contribution in [0, 0.1) is 0 Å². The Morgan fingerprint density at radius 2 is 2.33 bits per heavy atom. The fourth-order valence-corrected chi connectivity index (χ4v) is 0.0503. The van der Waals surface area contributed by atoms with E-state index < -0.39 is 6.03 Å². The van der Waals surface area contributed by atoms with Gasteiger partial charge in [0.25, 0.3) is 0 Å². The first-order valence-corrected chi connectivity index (χ1v) is 1.20. The normalized spacial score (nSPS) is 6.67. The van der Waals surface area contributed by atoms with Crippen molar-refractivity contribution in [3.63, 3.8) is 0 Å². The van der Waals surface area contributed by atoms with Crippen LogP contribution in [-0.4, -0.2) is 12.4 Å². The van der Waals surface area contributed by atoms with Crippen LogP contribution in [0.2, 0.25) is 0 Å². The zero-order valence-electron chi connectivity index (χ0n) is 2.89. The molecule has 0 rings (SSSR count). The van der Waals surface area contributed by atoms with E-state index >= 15 is 0 Å². The number of imide groups is 1. The molecule has 0 saturated heterocycles. The van der Waals surface area contributed by atoms with Crippen LogP contribution in [0.15, 0.2) is 0 Å². The lowest BCUT2D eigenvalue weighted by molar-refractivity contribution is 0.252. The first kappa shape index (κ1) is 4.94. The lowest BCUT2D eigenvalue weighted by Gasteiger charge is -1.77. The third kappa shape index (κ3) is 2.94. The van der Waals surface area contributed by atoms with E-state index in [2.05, 4.69) is 5.73 Å². The SMILES string of the molecule is NC(=O)N[C]=O. The fraction of sp³-hybridized carbons (Fsp3) is 0. The number of rotatable bonds is 1. The Morgan fingerprint density at radius 1 is 1.83 bits per heavy atom. The van der Waals surface area contributed by atoms with Crippen molar-refractivity contribution in [1.29, 1.82) is 0 Å². The van der Waals surface area contributed by atoms with E-state index in [-0.39, 0.29) is 0 Å². The second kappa shape index (κ2) is 2.19. The topological polar surface area (TPSA) is 72.2 Å². The van der Waals surface area contributed by atoms with Crippen molar-refractivity contribution in [2.45, 2.75) is 0 Å². The summed E-state index contributed by atoms with van der Waals surface area (Å²) in [5, 5.41) is 1.54. The number of nitrogens with one attached hydrogen (secondary N) is 1. The minimum absolute atomic E-state index is 0.884. The highest BCUT2D eigenvalue weighted by molar-refractivity contribution is 5.82. The number of carbonyl (C=O) groups excluding carboxylic acids is 2. The van der Waals surface area contributed by atoms with Crippen molar-refractivity contribution < 1.29 is 9.59 Å². The molecule has 4 heteroatoms. The predicted molar refractivity (Wildman–Crippen MR) is 18.4 cm³/mol. The van der Waals surface area contributed by atoms with Crippen molar-refractivity contribution in [1.82, 2.24) is 5.32 Å². The predicted octanol–water partition coefficient (Wildman–Crippen LogP) is -1.28. The maximum Gasteiger partial charge on any atom is 0.319 e. The Balaban J connectivity index is 3.05. The second-order valence-electron chi connectivity index (χ2n) is 0.591. The van der Waals surface area contributed by atoms with Crippen molar-refractivity contribution >= 4 is 12.4 Å². The van der Waals surface area contributed by atoms with E-state index in [9.17, 15) is 4.79 Å². The molecule has 3 N–H and O–H groups in total. The highest BCUT2D eigenvalue weighted by Crippen LogP contribution is 1.41. The Labute approximate surface area is 34.3 Å². The maximum absolute atomic E-state index is 9.45. The molecule has 0 atom stereocenters. The van der Waals surface area contributed by atoms with E-state index in [0.29, 0.717) is 0 Å². The number of hydrogen-bond donors (Lipinski definition) is 2. The molecule has 4 nitrogen and oxygen atoms in total. The molecular formula is C2H3N2O2. The summed E-state index contributed by atoms with van der Waals surface area (Å²) < 4.78 is 0. The highest BCUT2D eigenvalue weighted by atomic mass is 16.2. The minimum Gasteiger partial charge on any atom is -0.351 e. The number of hydrogen-bond acceptors (Lipinski definition) is 2. The minimum atomic E-state index is -0.884. The van der Waals surface area contributed by atoms with Gasteiger partial charge in [-0.25, -0.2) is 4.79 Å². The molecule has 0 aromatic heterocycles. The molecule has 3 amide bonds. The molecule has 0 bridgehead atoms. The third-order valence-electron chi connectivity index (χ3n) is 0.174. The van der Waals surface area contributed by atoms with Gasteiger partial charge in [0.15, 0.2) is 0 Å². The molecule has 0 aliphatic carbocycles. The quantitative estimate of drug-likeness (QED) is 0.391. The summed E-state index contributed by atoms with van der Waals surface area (Å²) in [5.41, 5.74) is 4.39. The summed E-state index contributed by atoms with van der Waals surface area (Å²) in [6.07, 6.45) is 1.09. The number of primary amides is 1. The van der Waals surface area contributed by atoms with Crippen molar-refractivity contribution in [3.8, 4) is 0 Å². The van der Waals surface area contributed by atoms with Crippen molar-refractivity contribution in [2.75, 3.05) is 0 Å². The van der Waals surface area contributed by atoms with E-state index in [4.69, 9.17) is 4.79 Å². The Kier molecular flexibility index (Phi) is 1.81. The van der Waals surface area contributed by atoms with Crippen LogP contribution in [0.5, 0.6) is 0 Å². The number of amides is 3. The zero-order chi connectivity index (χ0) is 4.99. The van der Waals surface area contributed by atoms with Gasteiger partial charge in [-0.3, -0.25) is 10.1 Å². The Hall–Kier alpha value is -1.06. The van der Waals surface area contributed by atoms with Gasteiger partial charge in [0.1, 0.15) is 0 Å². The Morgan fingerprint density at radius 3 is 2.33 bits per heavy atom. The van der Waals surface area contributed by atoms with Crippen LogP contribution in [0.4, 0.5) is 4.79 Å². The molecule has 0 aliphatic heterocycles. The summed E-state index contributed by atoms with van der Waals surface area (Å²) in [5.74, 6) is 0. The van der Waals surface area contributed by atoms with Crippen LogP contribution < -0.4 is 11.1 Å². The van der Waals surface area contributed by atoms with Gasteiger partial charge in [0.2, 0.25) is 0 Å². The molecule has 0 unspecified atom stereocenters. The van der Waals surface area contributed by atoms with Crippen LogP contribution in [-0.2, 0) is 4.79 Å². The van der Waals surface area contributed by atoms with Gasteiger partial charge in [-0.2, -0.15) is 0 Å². The molecule has 0 saturated carbocycles. The molecule has 0 fully saturated rings. The molecule has 6 heavy (non-hydrogen) atoms. The smallest absolute Gasteiger partial charge is 0.319 e. The van der Waals surface area contributed by atoms with E-state index in [1.54, 1.807) is 5.32 Å². The number of urea groups is 1. The van der Waals surface area contributed by atoms with Gasteiger partial charge in [-0.15, -0.1) is 0 Å².